The Hall–Kier alpha value is -1.68. The predicted octanol–water partition coefficient (Wildman–Crippen LogP) is 3.51. The van der Waals surface area contributed by atoms with Gasteiger partial charge in [0.05, 0.1) is 0 Å². The van der Waals surface area contributed by atoms with E-state index in [1.807, 2.05) is 13.8 Å². The molecule has 0 saturated carbocycles. The molecule has 0 unspecified atom stereocenters. The Balaban J connectivity index is 2.60. The van der Waals surface area contributed by atoms with Gasteiger partial charge in [-0.25, -0.2) is 14.4 Å². The van der Waals surface area contributed by atoms with E-state index >= 15 is 0 Å². The standard InChI is InChI=1S/C13H12ClFN2O/c1-3-11-7(2)12(14)17-13(16-11)8-4-9(15)6-10(18)5-8/h4-6,18H,3H2,1-2H3. The number of halogens is 2. The molecule has 0 aliphatic heterocycles. The lowest BCUT2D eigenvalue weighted by molar-refractivity contribution is 0.469. The van der Waals surface area contributed by atoms with Crippen LogP contribution in [0.1, 0.15) is 18.2 Å². The van der Waals surface area contributed by atoms with Crippen molar-refractivity contribution >= 4 is 11.6 Å². The topological polar surface area (TPSA) is 46.0 Å². The van der Waals surface area contributed by atoms with Gasteiger partial charge in [-0.1, -0.05) is 18.5 Å². The van der Waals surface area contributed by atoms with E-state index in [-0.39, 0.29) is 5.75 Å². The van der Waals surface area contributed by atoms with Crippen LogP contribution in [0.4, 0.5) is 4.39 Å². The van der Waals surface area contributed by atoms with Crippen LogP contribution in [-0.2, 0) is 6.42 Å². The zero-order chi connectivity index (χ0) is 13.3. The van der Waals surface area contributed by atoms with Gasteiger partial charge >= 0.3 is 0 Å². The van der Waals surface area contributed by atoms with E-state index in [0.717, 1.165) is 17.3 Å². The van der Waals surface area contributed by atoms with Gasteiger partial charge in [0.15, 0.2) is 5.82 Å². The molecule has 0 bridgehead atoms. The molecule has 18 heavy (non-hydrogen) atoms. The van der Waals surface area contributed by atoms with E-state index in [9.17, 15) is 9.50 Å². The molecule has 0 spiro atoms. The lowest BCUT2D eigenvalue weighted by Crippen LogP contribution is -1.99. The average molecular weight is 267 g/mol. The van der Waals surface area contributed by atoms with Gasteiger partial charge in [-0.3, -0.25) is 0 Å². The van der Waals surface area contributed by atoms with Crippen LogP contribution >= 0.6 is 11.6 Å². The van der Waals surface area contributed by atoms with Crippen LogP contribution in [-0.4, -0.2) is 15.1 Å². The number of hydrogen-bond donors (Lipinski definition) is 1. The summed E-state index contributed by atoms with van der Waals surface area (Å²) < 4.78 is 13.2. The van der Waals surface area contributed by atoms with Crippen molar-refractivity contribution in [2.45, 2.75) is 20.3 Å². The highest BCUT2D eigenvalue weighted by Gasteiger charge is 2.11. The van der Waals surface area contributed by atoms with Crippen LogP contribution in [0.5, 0.6) is 5.75 Å². The fourth-order valence-corrected chi connectivity index (χ4v) is 1.90. The Morgan fingerprint density at radius 1 is 1.28 bits per heavy atom. The lowest BCUT2D eigenvalue weighted by atomic mass is 10.1. The average Bonchev–Trinajstić information content (AvgIpc) is 2.31. The first-order valence-electron chi connectivity index (χ1n) is 5.54. The van der Waals surface area contributed by atoms with Gasteiger partial charge in [0.25, 0.3) is 0 Å². The molecule has 0 radical (unpaired) electrons. The summed E-state index contributed by atoms with van der Waals surface area (Å²) in [5.74, 6) is -0.385. The normalized spacial score (nSPS) is 10.7. The minimum atomic E-state index is -0.539. The zero-order valence-electron chi connectivity index (χ0n) is 10.0. The summed E-state index contributed by atoms with van der Waals surface area (Å²) in [6.07, 6.45) is 0.711. The van der Waals surface area contributed by atoms with Crippen molar-refractivity contribution in [3.63, 3.8) is 0 Å². The summed E-state index contributed by atoms with van der Waals surface area (Å²) in [4.78, 5) is 8.44. The van der Waals surface area contributed by atoms with Crippen molar-refractivity contribution in [3.8, 4) is 17.1 Å². The molecule has 1 heterocycles. The summed E-state index contributed by atoms with van der Waals surface area (Å²) in [5.41, 5.74) is 2.04. The molecule has 0 saturated heterocycles. The smallest absolute Gasteiger partial charge is 0.161 e. The minimum Gasteiger partial charge on any atom is -0.508 e. The molecule has 5 heteroatoms. The summed E-state index contributed by atoms with van der Waals surface area (Å²) >= 11 is 6.02. The summed E-state index contributed by atoms with van der Waals surface area (Å²) in [5, 5.41) is 9.72. The van der Waals surface area contributed by atoms with Gasteiger partial charge in [0.1, 0.15) is 16.7 Å². The molecule has 0 fully saturated rings. The lowest BCUT2D eigenvalue weighted by Gasteiger charge is -2.08. The highest BCUT2D eigenvalue weighted by molar-refractivity contribution is 6.30. The van der Waals surface area contributed by atoms with Gasteiger partial charge < -0.3 is 5.11 Å². The van der Waals surface area contributed by atoms with Crippen molar-refractivity contribution in [1.29, 1.82) is 0 Å². The quantitative estimate of drug-likeness (QED) is 0.846. The van der Waals surface area contributed by atoms with Gasteiger partial charge in [-0.2, -0.15) is 0 Å². The number of aryl methyl sites for hydroxylation is 1. The van der Waals surface area contributed by atoms with Crippen LogP contribution in [0.3, 0.4) is 0 Å². The molecule has 0 atom stereocenters. The number of hydrogen-bond acceptors (Lipinski definition) is 3. The van der Waals surface area contributed by atoms with Crippen molar-refractivity contribution in [1.82, 2.24) is 9.97 Å². The van der Waals surface area contributed by atoms with E-state index in [4.69, 9.17) is 11.6 Å². The maximum Gasteiger partial charge on any atom is 0.161 e. The molecular formula is C13H12ClFN2O. The second-order valence-electron chi connectivity index (χ2n) is 3.96. The molecule has 0 amide bonds. The first-order chi connectivity index (χ1) is 8.51. The number of nitrogens with zero attached hydrogens (tertiary/aromatic N) is 2. The van der Waals surface area contributed by atoms with Gasteiger partial charge in [-0.15, -0.1) is 0 Å². The molecule has 2 aromatic rings. The largest absolute Gasteiger partial charge is 0.508 e. The Morgan fingerprint density at radius 2 is 2.00 bits per heavy atom. The van der Waals surface area contributed by atoms with Gasteiger partial charge in [0.2, 0.25) is 0 Å². The minimum absolute atomic E-state index is 0.164. The number of phenols is 1. The maximum absolute atomic E-state index is 13.2. The highest BCUT2D eigenvalue weighted by atomic mass is 35.5. The monoisotopic (exact) mass is 266 g/mol. The van der Waals surface area contributed by atoms with Crippen LogP contribution in [0.2, 0.25) is 5.15 Å². The van der Waals surface area contributed by atoms with Crippen LogP contribution < -0.4 is 0 Å². The second-order valence-corrected chi connectivity index (χ2v) is 4.32. The fourth-order valence-electron chi connectivity index (χ4n) is 1.71. The maximum atomic E-state index is 13.2. The molecule has 2 rings (SSSR count). The van der Waals surface area contributed by atoms with E-state index in [2.05, 4.69) is 9.97 Å². The van der Waals surface area contributed by atoms with Crippen LogP contribution in [0.15, 0.2) is 18.2 Å². The molecule has 1 aromatic carbocycles. The van der Waals surface area contributed by atoms with Crippen molar-refractivity contribution in [2.75, 3.05) is 0 Å². The first-order valence-corrected chi connectivity index (χ1v) is 5.92. The second kappa shape index (κ2) is 4.90. The summed E-state index contributed by atoms with van der Waals surface area (Å²) in [6.45, 7) is 3.80. The first kappa shape index (κ1) is 12.8. The number of aromatic nitrogens is 2. The van der Waals surface area contributed by atoms with Crippen molar-refractivity contribution in [2.24, 2.45) is 0 Å². The van der Waals surface area contributed by atoms with Crippen molar-refractivity contribution < 1.29 is 9.50 Å². The molecule has 94 valence electrons. The van der Waals surface area contributed by atoms with Crippen molar-refractivity contribution in [3.05, 3.63) is 40.4 Å². The Kier molecular flexibility index (Phi) is 3.48. The van der Waals surface area contributed by atoms with Crippen LogP contribution in [0.25, 0.3) is 11.4 Å². The third-order valence-electron chi connectivity index (χ3n) is 2.66. The summed E-state index contributed by atoms with van der Waals surface area (Å²) in [7, 11) is 0. The van der Waals surface area contributed by atoms with E-state index in [0.29, 0.717) is 23.0 Å². The van der Waals surface area contributed by atoms with Gasteiger partial charge in [0, 0.05) is 22.9 Å². The van der Waals surface area contributed by atoms with Gasteiger partial charge in [-0.05, 0) is 25.5 Å². The van der Waals surface area contributed by atoms with Crippen LogP contribution in [0, 0.1) is 12.7 Å². The number of benzene rings is 1. The van der Waals surface area contributed by atoms with E-state index in [1.54, 1.807) is 0 Å². The number of phenolic OH excluding ortho intramolecular Hbond substituents is 1. The Morgan fingerprint density at radius 3 is 2.61 bits per heavy atom. The third-order valence-corrected chi connectivity index (χ3v) is 3.03. The fraction of sp³-hybridized carbons (Fsp3) is 0.231. The molecule has 0 aliphatic rings. The summed E-state index contributed by atoms with van der Waals surface area (Å²) in [6, 6.07) is 3.70. The van der Waals surface area contributed by atoms with E-state index < -0.39 is 5.82 Å². The molecule has 3 nitrogen and oxygen atoms in total. The number of aromatic hydroxyl groups is 1. The Labute approximate surface area is 109 Å². The SMILES string of the molecule is CCc1nc(-c2cc(O)cc(F)c2)nc(Cl)c1C. The molecular weight excluding hydrogens is 255 g/mol. The third kappa shape index (κ3) is 2.43. The van der Waals surface area contributed by atoms with E-state index in [1.165, 1.54) is 12.1 Å². The predicted molar refractivity (Wildman–Crippen MR) is 68.2 cm³/mol. The zero-order valence-corrected chi connectivity index (χ0v) is 10.8. The molecule has 0 aliphatic carbocycles. The molecule has 1 N–H and O–H groups in total. The number of rotatable bonds is 2. The highest BCUT2D eigenvalue weighted by Crippen LogP contribution is 2.25. The Bertz CT molecular complexity index is 582. The molecule has 1 aromatic heterocycles.